The summed E-state index contributed by atoms with van der Waals surface area (Å²) in [4.78, 5) is 0.973. The molecule has 0 spiro atoms. The molecule has 0 fully saturated rings. The molecular formula is C15H16FNOS. The lowest BCUT2D eigenvalue weighted by Crippen LogP contribution is -1.92. The monoisotopic (exact) mass is 277 g/mol. The highest BCUT2D eigenvalue weighted by Gasteiger charge is 2.06. The van der Waals surface area contributed by atoms with E-state index in [1.807, 2.05) is 25.1 Å². The highest BCUT2D eigenvalue weighted by Crippen LogP contribution is 2.30. The van der Waals surface area contributed by atoms with Crippen LogP contribution in [0.1, 0.15) is 11.1 Å². The summed E-state index contributed by atoms with van der Waals surface area (Å²) in [5.41, 5.74) is 8.44. The van der Waals surface area contributed by atoms with Crippen molar-refractivity contribution in [3.05, 3.63) is 53.3 Å². The molecule has 19 heavy (non-hydrogen) atoms. The van der Waals surface area contributed by atoms with Crippen LogP contribution in [0.3, 0.4) is 0 Å². The number of aryl methyl sites for hydroxylation is 1. The molecule has 0 aliphatic rings. The number of nitrogen functional groups attached to an aromatic ring is 1. The van der Waals surface area contributed by atoms with Crippen LogP contribution in [0.15, 0.2) is 41.3 Å². The number of halogens is 1. The summed E-state index contributed by atoms with van der Waals surface area (Å²) < 4.78 is 18.8. The maximum absolute atomic E-state index is 13.8. The molecular weight excluding hydrogens is 261 g/mol. The number of thioether (sulfide) groups is 1. The average molecular weight is 277 g/mol. The first-order chi connectivity index (χ1) is 9.10. The zero-order chi connectivity index (χ0) is 13.8. The van der Waals surface area contributed by atoms with E-state index in [-0.39, 0.29) is 5.82 Å². The van der Waals surface area contributed by atoms with Crippen molar-refractivity contribution in [3.8, 4) is 5.75 Å². The molecule has 0 saturated carbocycles. The molecule has 2 aromatic rings. The highest BCUT2D eigenvalue weighted by molar-refractivity contribution is 7.98. The Morgan fingerprint density at radius 3 is 2.63 bits per heavy atom. The topological polar surface area (TPSA) is 35.2 Å². The van der Waals surface area contributed by atoms with Gasteiger partial charge in [-0.2, -0.15) is 0 Å². The van der Waals surface area contributed by atoms with Gasteiger partial charge in [-0.1, -0.05) is 12.1 Å². The molecule has 0 aliphatic carbocycles. The molecule has 100 valence electrons. The van der Waals surface area contributed by atoms with Crippen molar-refractivity contribution in [1.82, 2.24) is 0 Å². The van der Waals surface area contributed by atoms with E-state index in [1.165, 1.54) is 24.9 Å². The highest BCUT2D eigenvalue weighted by atomic mass is 32.2. The molecule has 0 aliphatic heterocycles. The van der Waals surface area contributed by atoms with E-state index >= 15 is 0 Å². The predicted molar refractivity (Wildman–Crippen MR) is 78.1 cm³/mol. The Kier molecular flexibility index (Phi) is 4.32. The lowest BCUT2D eigenvalue weighted by molar-refractivity contribution is 0.411. The van der Waals surface area contributed by atoms with E-state index in [9.17, 15) is 4.39 Å². The molecule has 2 N–H and O–H groups in total. The number of hydrogen-bond donors (Lipinski definition) is 1. The van der Waals surface area contributed by atoms with E-state index in [4.69, 9.17) is 10.5 Å². The fraction of sp³-hybridized carbons (Fsp3) is 0.200. The molecule has 0 bridgehead atoms. The van der Waals surface area contributed by atoms with E-state index in [2.05, 4.69) is 0 Å². The van der Waals surface area contributed by atoms with Crippen LogP contribution < -0.4 is 10.5 Å². The first-order valence-electron chi connectivity index (χ1n) is 5.91. The Bertz CT molecular complexity index is 586. The predicted octanol–water partition coefficient (Wildman–Crippen LogP) is 4.02. The number of anilines is 1. The quantitative estimate of drug-likeness (QED) is 0.677. The van der Waals surface area contributed by atoms with Crippen LogP contribution in [-0.2, 0) is 5.75 Å². The second-order valence-electron chi connectivity index (χ2n) is 4.29. The van der Waals surface area contributed by atoms with Gasteiger partial charge in [-0.05, 0) is 36.2 Å². The minimum atomic E-state index is -0.252. The molecule has 0 saturated heterocycles. The number of rotatable bonds is 4. The third-order valence-electron chi connectivity index (χ3n) is 2.81. The van der Waals surface area contributed by atoms with Gasteiger partial charge in [-0.15, -0.1) is 11.8 Å². The maximum Gasteiger partial charge on any atom is 0.130 e. The maximum atomic E-state index is 13.8. The Balaban J connectivity index is 2.10. The number of methoxy groups -OCH3 is 1. The summed E-state index contributed by atoms with van der Waals surface area (Å²) in [5, 5.41) is 0. The molecule has 0 aromatic heterocycles. The van der Waals surface area contributed by atoms with Gasteiger partial charge in [-0.3, -0.25) is 0 Å². The number of benzene rings is 2. The van der Waals surface area contributed by atoms with Crippen molar-refractivity contribution < 1.29 is 9.13 Å². The Morgan fingerprint density at radius 2 is 2.00 bits per heavy atom. The zero-order valence-corrected chi connectivity index (χ0v) is 11.8. The third-order valence-corrected chi connectivity index (χ3v) is 3.95. The standard InChI is InChI=1S/C15H16FNOS/c1-10-3-6-15(14(17)7-10)19-9-11-4-5-12(18-2)8-13(11)16/h3-8H,9,17H2,1-2H3. The van der Waals surface area contributed by atoms with E-state index in [1.54, 1.807) is 12.1 Å². The van der Waals surface area contributed by atoms with Crippen LogP contribution >= 0.6 is 11.8 Å². The van der Waals surface area contributed by atoms with Gasteiger partial charge in [0.2, 0.25) is 0 Å². The van der Waals surface area contributed by atoms with Gasteiger partial charge in [0.1, 0.15) is 11.6 Å². The van der Waals surface area contributed by atoms with Gasteiger partial charge < -0.3 is 10.5 Å². The minimum absolute atomic E-state index is 0.252. The first kappa shape index (κ1) is 13.7. The SMILES string of the molecule is COc1ccc(CSc2ccc(C)cc2N)c(F)c1. The average Bonchev–Trinajstić information content (AvgIpc) is 2.39. The normalized spacial score (nSPS) is 10.5. The fourth-order valence-electron chi connectivity index (χ4n) is 1.73. The van der Waals surface area contributed by atoms with Crippen molar-refractivity contribution in [1.29, 1.82) is 0 Å². The number of nitrogens with two attached hydrogens (primary N) is 1. The van der Waals surface area contributed by atoms with E-state index in [0.717, 1.165) is 16.1 Å². The van der Waals surface area contributed by atoms with E-state index in [0.29, 0.717) is 17.1 Å². The third kappa shape index (κ3) is 3.41. The molecule has 2 aromatic carbocycles. The van der Waals surface area contributed by atoms with Crippen molar-refractivity contribution in [2.75, 3.05) is 12.8 Å². The van der Waals surface area contributed by atoms with Gasteiger partial charge >= 0.3 is 0 Å². The molecule has 2 nitrogen and oxygen atoms in total. The van der Waals surface area contributed by atoms with Crippen LogP contribution in [0.4, 0.5) is 10.1 Å². The summed E-state index contributed by atoms with van der Waals surface area (Å²) in [5.74, 6) is 0.821. The second-order valence-corrected chi connectivity index (χ2v) is 5.30. The molecule has 2 rings (SSSR count). The van der Waals surface area contributed by atoms with Crippen molar-refractivity contribution in [3.63, 3.8) is 0 Å². The summed E-state index contributed by atoms with van der Waals surface area (Å²) in [6.07, 6.45) is 0. The molecule has 0 radical (unpaired) electrons. The first-order valence-corrected chi connectivity index (χ1v) is 6.90. The van der Waals surface area contributed by atoms with Crippen molar-refractivity contribution in [2.45, 2.75) is 17.6 Å². The lowest BCUT2D eigenvalue weighted by Gasteiger charge is -2.08. The molecule has 0 amide bonds. The summed E-state index contributed by atoms with van der Waals surface area (Å²) in [6, 6.07) is 10.8. The smallest absolute Gasteiger partial charge is 0.130 e. The lowest BCUT2D eigenvalue weighted by atomic mass is 10.2. The van der Waals surface area contributed by atoms with E-state index < -0.39 is 0 Å². The van der Waals surface area contributed by atoms with Gasteiger partial charge in [0.05, 0.1) is 7.11 Å². The number of hydrogen-bond acceptors (Lipinski definition) is 3. The molecule has 0 atom stereocenters. The van der Waals surface area contributed by atoms with Gasteiger partial charge in [-0.25, -0.2) is 4.39 Å². The Morgan fingerprint density at radius 1 is 1.21 bits per heavy atom. The zero-order valence-electron chi connectivity index (χ0n) is 10.9. The van der Waals surface area contributed by atoms with Crippen molar-refractivity contribution in [2.24, 2.45) is 0 Å². The minimum Gasteiger partial charge on any atom is -0.497 e. The van der Waals surface area contributed by atoms with Gasteiger partial charge in [0, 0.05) is 22.4 Å². The van der Waals surface area contributed by atoms with Gasteiger partial charge in [0.25, 0.3) is 0 Å². The van der Waals surface area contributed by atoms with Crippen LogP contribution in [0.25, 0.3) is 0 Å². The van der Waals surface area contributed by atoms with Crippen molar-refractivity contribution >= 4 is 17.4 Å². The molecule has 0 heterocycles. The van der Waals surface area contributed by atoms with Crippen LogP contribution in [0.2, 0.25) is 0 Å². The Labute approximate surface area is 116 Å². The summed E-state index contributed by atoms with van der Waals surface area (Å²) in [6.45, 7) is 1.99. The van der Waals surface area contributed by atoms with Crippen LogP contribution in [0.5, 0.6) is 5.75 Å². The summed E-state index contributed by atoms with van der Waals surface area (Å²) in [7, 11) is 1.52. The Hall–Kier alpha value is -1.68. The molecule has 0 unspecified atom stereocenters. The largest absolute Gasteiger partial charge is 0.497 e. The van der Waals surface area contributed by atoms with Crippen LogP contribution in [-0.4, -0.2) is 7.11 Å². The number of ether oxygens (including phenoxy) is 1. The van der Waals surface area contributed by atoms with Gasteiger partial charge in [0.15, 0.2) is 0 Å². The fourth-order valence-corrected chi connectivity index (χ4v) is 2.66. The summed E-state index contributed by atoms with van der Waals surface area (Å²) >= 11 is 1.53. The van der Waals surface area contributed by atoms with Crippen LogP contribution in [0, 0.1) is 12.7 Å². The second kappa shape index (κ2) is 5.97. The molecule has 4 heteroatoms.